The van der Waals surface area contributed by atoms with Gasteiger partial charge in [0.1, 0.15) is 5.69 Å². The number of hydrogen-bond donors (Lipinski definition) is 4. The van der Waals surface area contributed by atoms with Crippen molar-refractivity contribution in [2.45, 2.75) is 52.2 Å². The Morgan fingerprint density at radius 1 is 1.04 bits per heavy atom. The minimum absolute atomic E-state index is 0.102. The molecule has 0 bridgehead atoms. The smallest absolute Gasteiger partial charge is 0.274 e. The summed E-state index contributed by atoms with van der Waals surface area (Å²) in [5.41, 5.74) is 10.1. The molecule has 0 aliphatic carbocycles. The fourth-order valence-electron chi connectivity index (χ4n) is 6.48. The molecule has 2 amide bonds. The Morgan fingerprint density at radius 2 is 1.80 bits per heavy atom. The van der Waals surface area contributed by atoms with Gasteiger partial charge in [0.05, 0.1) is 17.3 Å². The molecule has 1 atom stereocenters. The van der Waals surface area contributed by atoms with Crippen molar-refractivity contribution >= 4 is 29.1 Å². The molecule has 3 heterocycles. The number of carbonyl (C=O) groups excluding carboxylic acids is 2. The number of amides is 2. The van der Waals surface area contributed by atoms with E-state index in [4.69, 9.17) is 16.6 Å². The Hall–Kier alpha value is -4.08. The Labute approximate surface area is 275 Å². The molecule has 4 aromatic rings. The van der Waals surface area contributed by atoms with Crippen molar-refractivity contribution in [3.63, 3.8) is 0 Å². The number of aliphatic hydroxyl groups excluding tert-OH is 1. The van der Waals surface area contributed by atoms with Crippen molar-refractivity contribution in [3.8, 4) is 22.3 Å². The Kier molecular flexibility index (Phi) is 9.80. The SMILES string of the molecule is Cc1cc(C(=O)Nc2cccc(-c3cccc(-c4ccc(CNC[C@@H]5CCC(=O)N5)cc4)c3Cl)c2C)nc2c1CCN(CCO)C2. The highest BCUT2D eigenvalue weighted by Crippen LogP contribution is 2.39. The van der Waals surface area contributed by atoms with Gasteiger partial charge in [-0.2, -0.15) is 0 Å². The van der Waals surface area contributed by atoms with Crippen molar-refractivity contribution in [1.82, 2.24) is 20.5 Å². The number of aromatic nitrogens is 1. The minimum atomic E-state index is -0.257. The normalized spacial score (nSPS) is 16.3. The van der Waals surface area contributed by atoms with Crippen LogP contribution >= 0.6 is 11.6 Å². The summed E-state index contributed by atoms with van der Waals surface area (Å²) in [5, 5.41) is 19.5. The third-order valence-electron chi connectivity index (χ3n) is 9.07. The number of anilines is 1. The number of nitrogens with one attached hydrogen (secondary N) is 3. The van der Waals surface area contributed by atoms with E-state index >= 15 is 0 Å². The Balaban J connectivity index is 1.17. The van der Waals surface area contributed by atoms with Crippen LogP contribution in [0.5, 0.6) is 0 Å². The van der Waals surface area contributed by atoms with Gasteiger partial charge in [-0.05, 0) is 72.2 Å². The first-order chi connectivity index (χ1) is 22.3. The van der Waals surface area contributed by atoms with Gasteiger partial charge in [0, 0.05) is 62.0 Å². The number of pyridine rings is 1. The third-order valence-corrected chi connectivity index (χ3v) is 9.48. The lowest BCUT2D eigenvalue weighted by atomic mass is 9.95. The maximum Gasteiger partial charge on any atom is 0.274 e. The summed E-state index contributed by atoms with van der Waals surface area (Å²) in [7, 11) is 0. The second-order valence-electron chi connectivity index (χ2n) is 12.2. The molecule has 0 unspecified atom stereocenters. The van der Waals surface area contributed by atoms with E-state index < -0.39 is 0 Å². The number of rotatable bonds is 10. The fourth-order valence-corrected chi connectivity index (χ4v) is 6.82. The lowest BCUT2D eigenvalue weighted by Crippen LogP contribution is -2.35. The molecule has 3 aromatic carbocycles. The summed E-state index contributed by atoms with van der Waals surface area (Å²) in [6.07, 6.45) is 2.35. The van der Waals surface area contributed by atoms with E-state index in [9.17, 15) is 14.7 Å². The molecule has 2 aliphatic heterocycles. The average Bonchev–Trinajstić information content (AvgIpc) is 3.47. The van der Waals surface area contributed by atoms with Crippen LogP contribution in [-0.4, -0.2) is 59.1 Å². The number of aryl methyl sites for hydroxylation is 1. The van der Waals surface area contributed by atoms with Crippen LogP contribution < -0.4 is 16.0 Å². The van der Waals surface area contributed by atoms with Crippen molar-refractivity contribution < 1.29 is 14.7 Å². The molecule has 8 nitrogen and oxygen atoms in total. The van der Waals surface area contributed by atoms with Crippen LogP contribution in [0.15, 0.2) is 66.7 Å². The molecule has 2 aliphatic rings. The molecular weight excluding hydrogens is 598 g/mol. The van der Waals surface area contributed by atoms with E-state index in [1.165, 1.54) is 5.56 Å². The van der Waals surface area contributed by atoms with Gasteiger partial charge in [-0.25, -0.2) is 4.98 Å². The monoisotopic (exact) mass is 637 g/mol. The Morgan fingerprint density at radius 3 is 2.57 bits per heavy atom. The van der Waals surface area contributed by atoms with Crippen molar-refractivity contribution in [1.29, 1.82) is 0 Å². The van der Waals surface area contributed by atoms with Crippen LogP contribution in [0.3, 0.4) is 0 Å². The van der Waals surface area contributed by atoms with Crippen LogP contribution in [-0.2, 0) is 24.3 Å². The van der Waals surface area contributed by atoms with Crippen LogP contribution in [0, 0.1) is 13.8 Å². The number of fused-ring (bicyclic) bond motifs is 1. The zero-order valence-electron chi connectivity index (χ0n) is 26.3. The summed E-state index contributed by atoms with van der Waals surface area (Å²) in [6, 6.07) is 22.3. The van der Waals surface area contributed by atoms with Crippen LogP contribution in [0.2, 0.25) is 5.02 Å². The highest BCUT2D eigenvalue weighted by Gasteiger charge is 2.23. The van der Waals surface area contributed by atoms with Crippen LogP contribution in [0.25, 0.3) is 22.3 Å². The molecule has 238 valence electrons. The van der Waals surface area contributed by atoms with Gasteiger partial charge in [0.25, 0.3) is 5.91 Å². The topological polar surface area (TPSA) is 107 Å². The zero-order chi connectivity index (χ0) is 32.2. The van der Waals surface area contributed by atoms with Gasteiger partial charge < -0.3 is 21.1 Å². The highest BCUT2D eigenvalue weighted by molar-refractivity contribution is 6.36. The molecule has 6 rings (SSSR count). The number of hydrogen-bond acceptors (Lipinski definition) is 6. The van der Waals surface area contributed by atoms with Crippen LogP contribution in [0.4, 0.5) is 5.69 Å². The standard InChI is InChI=1S/C37H40ClN5O3/c1-23-19-33(41-34-22-43(17-18-44)16-15-28(23)34)37(46)42-32-8-4-5-29(24(32)2)31-7-3-6-30(36(31)38)26-11-9-25(10-12-26)20-39-21-27-13-14-35(45)40-27/h3-12,19,27,39,44H,13-18,20-22H2,1-2H3,(H,40,45)(H,42,46)/t27-/m0/s1. The first-order valence-corrected chi connectivity index (χ1v) is 16.3. The van der Waals surface area contributed by atoms with E-state index in [-0.39, 0.29) is 24.5 Å². The molecule has 0 spiro atoms. The fraction of sp³-hybridized carbons (Fsp3) is 0.324. The summed E-state index contributed by atoms with van der Waals surface area (Å²) in [4.78, 5) is 31.8. The average molecular weight is 638 g/mol. The summed E-state index contributed by atoms with van der Waals surface area (Å²) < 4.78 is 0. The summed E-state index contributed by atoms with van der Waals surface area (Å²) in [5.74, 6) is -0.125. The van der Waals surface area contributed by atoms with Gasteiger partial charge in [-0.1, -0.05) is 66.2 Å². The quantitative estimate of drug-likeness (QED) is 0.179. The van der Waals surface area contributed by atoms with Gasteiger partial charge in [-0.3, -0.25) is 14.5 Å². The molecular formula is C37H40ClN5O3. The van der Waals surface area contributed by atoms with Crippen LogP contribution in [0.1, 0.15) is 51.3 Å². The largest absolute Gasteiger partial charge is 0.395 e. The molecule has 1 fully saturated rings. The number of carbonyl (C=O) groups is 2. The van der Waals surface area contributed by atoms with E-state index in [0.717, 1.165) is 77.1 Å². The zero-order valence-corrected chi connectivity index (χ0v) is 27.1. The van der Waals surface area contributed by atoms with E-state index in [1.54, 1.807) is 0 Å². The molecule has 9 heteroatoms. The minimum Gasteiger partial charge on any atom is -0.395 e. The predicted molar refractivity (Wildman–Crippen MR) is 183 cm³/mol. The van der Waals surface area contributed by atoms with E-state index in [2.05, 4.69) is 45.1 Å². The molecule has 4 N–H and O–H groups in total. The summed E-state index contributed by atoms with van der Waals surface area (Å²) in [6.45, 7) is 7.71. The lowest BCUT2D eigenvalue weighted by molar-refractivity contribution is -0.119. The number of nitrogens with zero attached hydrogens (tertiary/aromatic N) is 2. The van der Waals surface area contributed by atoms with Crippen molar-refractivity contribution in [2.75, 3.05) is 31.6 Å². The number of β-amino-alcohol motifs (C(OH)–C–C–N with tert-alkyl or cyclic N) is 1. The molecule has 1 saturated heterocycles. The van der Waals surface area contributed by atoms with Gasteiger partial charge in [-0.15, -0.1) is 0 Å². The molecule has 1 aromatic heterocycles. The predicted octanol–water partition coefficient (Wildman–Crippen LogP) is 5.66. The van der Waals surface area contributed by atoms with Gasteiger partial charge in [0.2, 0.25) is 5.91 Å². The van der Waals surface area contributed by atoms with E-state index in [1.807, 2.05) is 56.3 Å². The third kappa shape index (κ3) is 7.00. The highest BCUT2D eigenvalue weighted by atomic mass is 35.5. The second-order valence-corrected chi connectivity index (χ2v) is 12.6. The van der Waals surface area contributed by atoms with E-state index in [0.29, 0.717) is 35.9 Å². The second kappa shape index (κ2) is 14.1. The maximum absolute atomic E-state index is 13.5. The molecule has 46 heavy (non-hydrogen) atoms. The molecule has 0 saturated carbocycles. The number of halogens is 1. The van der Waals surface area contributed by atoms with Crippen molar-refractivity contribution in [3.05, 3.63) is 105 Å². The number of benzene rings is 3. The maximum atomic E-state index is 13.5. The Bertz CT molecular complexity index is 1760. The van der Waals surface area contributed by atoms with Gasteiger partial charge in [0.15, 0.2) is 0 Å². The number of aliphatic hydroxyl groups is 1. The summed E-state index contributed by atoms with van der Waals surface area (Å²) >= 11 is 7.07. The first-order valence-electron chi connectivity index (χ1n) is 15.9. The first kappa shape index (κ1) is 31.9. The lowest BCUT2D eigenvalue weighted by Gasteiger charge is -2.28. The van der Waals surface area contributed by atoms with Crippen molar-refractivity contribution in [2.24, 2.45) is 0 Å². The molecule has 0 radical (unpaired) electrons. The van der Waals surface area contributed by atoms with Gasteiger partial charge >= 0.3 is 0 Å².